The van der Waals surface area contributed by atoms with Crippen molar-refractivity contribution in [2.45, 2.75) is 32.1 Å². The zero-order valence-corrected chi connectivity index (χ0v) is 10.7. The van der Waals surface area contributed by atoms with E-state index in [4.69, 9.17) is 5.11 Å². The van der Waals surface area contributed by atoms with Gasteiger partial charge in [-0.3, -0.25) is 0 Å². The molecule has 1 N–H and O–H groups in total. The van der Waals surface area contributed by atoms with Crippen molar-refractivity contribution in [3.63, 3.8) is 0 Å². The van der Waals surface area contributed by atoms with Crippen LogP contribution in [0.2, 0.25) is 0 Å². The number of hydrogen-bond acceptors (Lipinski definition) is 1. The van der Waals surface area contributed by atoms with Gasteiger partial charge in [0.1, 0.15) is 0 Å². The fourth-order valence-corrected chi connectivity index (χ4v) is 2.65. The van der Waals surface area contributed by atoms with Crippen molar-refractivity contribution >= 4 is 6.09 Å². The average Bonchev–Trinajstić information content (AvgIpc) is 2.40. The average molecular weight is 247 g/mol. The lowest BCUT2D eigenvalue weighted by molar-refractivity contribution is 0.123. The van der Waals surface area contributed by atoms with Gasteiger partial charge in [-0.15, -0.1) is 0 Å². The summed E-state index contributed by atoms with van der Waals surface area (Å²) in [4.78, 5) is 12.3. The number of carboxylic acid groups (broad SMARTS) is 1. The van der Waals surface area contributed by atoms with E-state index in [1.54, 1.807) is 0 Å². The van der Waals surface area contributed by atoms with Crippen LogP contribution in [0.1, 0.15) is 31.2 Å². The summed E-state index contributed by atoms with van der Waals surface area (Å²) in [6.07, 6.45) is 4.87. The van der Waals surface area contributed by atoms with E-state index >= 15 is 0 Å². The molecule has 1 aromatic carbocycles. The van der Waals surface area contributed by atoms with Crippen molar-refractivity contribution in [2.75, 3.05) is 13.1 Å². The first-order valence-corrected chi connectivity index (χ1v) is 6.77. The van der Waals surface area contributed by atoms with Gasteiger partial charge in [0, 0.05) is 13.1 Å². The highest BCUT2D eigenvalue weighted by Gasteiger charge is 2.21. The van der Waals surface area contributed by atoms with Crippen LogP contribution in [0.4, 0.5) is 4.79 Å². The van der Waals surface area contributed by atoms with Crippen molar-refractivity contribution in [3.8, 4) is 0 Å². The molecule has 0 aromatic heterocycles. The Morgan fingerprint density at radius 3 is 2.50 bits per heavy atom. The van der Waals surface area contributed by atoms with Gasteiger partial charge in [-0.05, 0) is 43.6 Å². The predicted molar refractivity (Wildman–Crippen MR) is 71.7 cm³/mol. The minimum atomic E-state index is -0.766. The van der Waals surface area contributed by atoms with E-state index in [0.717, 1.165) is 19.3 Å². The van der Waals surface area contributed by atoms with Crippen molar-refractivity contribution in [3.05, 3.63) is 35.9 Å². The second-order valence-electron chi connectivity index (χ2n) is 5.09. The van der Waals surface area contributed by atoms with E-state index in [1.807, 2.05) is 6.07 Å². The van der Waals surface area contributed by atoms with Crippen LogP contribution >= 0.6 is 0 Å². The van der Waals surface area contributed by atoms with Crippen molar-refractivity contribution < 1.29 is 9.90 Å². The molecule has 1 amide bonds. The molecule has 1 saturated heterocycles. The Kier molecular flexibility index (Phi) is 4.62. The van der Waals surface area contributed by atoms with Crippen molar-refractivity contribution in [2.24, 2.45) is 5.92 Å². The van der Waals surface area contributed by atoms with Gasteiger partial charge >= 0.3 is 6.09 Å². The highest BCUT2D eigenvalue weighted by molar-refractivity contribution is 5.64. The normalized spacial score (nSPS) is 16.8. The zero-order chi connectivity index (χ0) is 12.8. The number of hydrogen-bond donors (Lipinski definition) is 1. The molecule has 18 heavy (non-hydrogen) atoms. The second-order valence-corrected chi connectivity index (χ2v) is 5.09. The SMILES string of the molecule is O=C(O)N1CCC(CCCc2ccccc2)CC1. The van der Waals surface area contributed by atoms with Gasteiger partial charge < -0.3 is 10.0 Å². The highest BCUT2D eigenvalue weighted by Crippen LogP contribution is 2.22. The molecule has 3 heteroatoms. The van der Waals surface area contributed by atoms with E-state index in [0.29, 0.717) is 19.0 Å². The molecule has 0 bridgehead atoms. The van der Waals surface area contributed by atoms with Crippen LogP contribution in [0, 0.1) is 5.92 Å². The summed E-state index contributed by atoms with van der Waals surface area (Å²) in [7, 11) is 0. The molecule has 3 nitrogen and oxygen atoms in total. The van der Waals surface area contributed by atoms with Crippen LogP contribution < -0.4 is 0 Å². The standard InChI is InChI=1S/C15H21NO2/c17-15(18)16-11-9-14(10-12-16)8-4-7-13-5-2-1-3-6-13/h1-3,5-6,14H,4,7-12H2,(H,17,18). The fourth-order valence-electron chi connectivity index (χ4n) is 2.65. The topological polar surface area (TPSA) is 40.5 Å². The van der Waals surface area contributed by atoms with E-state index < -0.39 is 6.09 Å². The van der Waals surface area contributed by atoms with Gasteiger partial charge in [0.05, 0.1) is 0 Å². The Balaban J connectivity index is 1.65. The van der Waals surface area contributed by atoms with Crippen LogP contribution in [0.15, 0.2) is 30.3 Å². The van der Waals surface area contributed by atoms with Crippen molar-refractivity contribution in [1.82, 2.24) is 4.90 Å². The molecule has 0 saturated carbocycles. The largest absolute Gasteiger partial charge is 0.465 e. The Morgan fingerprint density at radius 2 is 1.89 bits per heavy atom. The molecule has 0 unspecified atom stereocenters. The molecule has 0 radical (unpaired) electrons. The fraction of sp³-hybridized carbons (Fsp3) is 0.533. The Bertz CT molecular complexity index is 369. The molecule has 1 aliphatic heterocycles. The Hall–Kier alpha value is -1.51. The zero-order valence-electron chi connectivity index (χ0n) is 10.7. The lowest BCUT2D eigenvalue weighted by Crippen LogP contribution is -2.37. The Labute approximate surface area is 108 Å². The Morgan fingerprint density at radius 1 is 1.22 bits per heavy atom. The van der Waals surface area contributed by atoms with Gasteiger partial charge in [-0.25, -0.2) is 4.79 Å². The molecule has 98 valence electrons. The lowest BCUT2D eigenvalue weighted by Gasteiger charge is -2.29. The quantitative estimate of drug-likeness (QED) is 0.885. The number of aryl methyl sites for hydroxylation is 1. The summed E-state index contributed by atoms with van der Waals surface area (Å²) in [5, 5.41) is 8.88. The van der Waals surface area contributed by atoms with E-state index in [2.05, 4.69) is 24.3 Å². The number of rotatable bonds is 4. The third-order valence-electron chi connectivity index (χ3n) is 3.81. The maximum Gasteiger partial charge on any atom is 0.407 e. The molecular formula is C15H21NO2. The summed E-state index contributed by atoms with van der Waals surface area (Å²) in [5.41, 5.74) is 1.40. The van der Waals surface area contributed by atoms with Crippen LogP contribution in [0.25, 0.3) is 0 Å². The molecular weight excluding hydrogens is 226 g/mol. The first-order valence-electron chi connectivity index (χ1n) is 6.77. The van der Waals surface area contributed by atoms with Gasteiger partial charge in [0.2, 0.25) is 0 Å². The molecule has 1 aromatic rings. The number of amides is 1. The van der Waals surface area contributed by atoms with Crippen LogP contribution in [0.5, 0.6) is 0 Å². The predicted octanol–water partition coefficient (Wildman–Crippen LogP) is 3.40. The summed E-state index contributed by atoms with van der Waals surface area (Å²) < 4.78 is 0. The maximum atomic E-state index is 10.8. The van der Waals surface area contributed by atoms with E-state index in [1.165, 1.54) is 23.3 Å². The van der Waals surface area contributed by atoms with Gasteiger partial charge in [0.15, 0.2) is 0 Å². The molecule has 1 fully saturated rings. The minimum Gasteiger partial charge on any atom is -0.465 e. The lowest BCUT2D eigenvalue weighted by atomic mass is 9.91. The summed E-state index contributed by atoms with van der Waals surface area (Å²) in [6, 6.07) is 10.6. The summed E-state index contributed by atoms with van der Waals surface area (Å²) in [6.45, 7) is 1.43. The second kappa shape index (κ2) is 6.43. The number of carbonyl (C=O) groups is 1. The summed E-state index contributed by atoms with van der Waals surface area (Å²) >= 11 is 0. The minimum absolute atomic E-state index is 0.712. The number of likely N-dealkylation sites (tertiary alicyclic amines) is 1. The third kappa shape index (κ3) is 3.76. The van der Waals surface area contributed by atoms with Gasteiger partial charge in [-0.1, -0.05) is 30.3 Å². The van der Waals surface area contributed by atoms with Gasteiger partial charge in [0.25, 0.3) is 0 Å². The molecule has 1 heterocycles. The smallest absolute Gasteiger partial charge is 0.407 e. The molecule has 1 aliphatic rings. The number of nitrogens with zero attached hydrogens (tertiary/aromatic N) is 1. The molecule has 0 atom stereocenters. The molecule has 0 aliphatic carbocycles. The first kappa shape index (κ1) is 12.9. The molecule has 0 spiro atoms. The maximum absolute atomic E-state index is 10.8. The van der Waals surface area contributed by atoms with Crippen LogP contribution in [-0.4, -0.2) is 29.2 Å². The van der Waals surface area contributed by atoms with Crippen LogP contribution in [-0.2, 0) is 6.42 Å². The van der Waals surface area contributed by atoms with Gasteiger partial charge in [-0.2, -0.15) is 0 Å². The summed E-state index contributed by atoms with van der Waals surface area (Å²) in [5.74, 6) is 0.712. The molecule has 2 rings (SSSR count). The van der Waals surface area contributed by atoms with Crippen LogP contribution in [0.3, 0.4) is 0 Å². The van der Waals surface area contributed by atoms with Crippen molar-refractivity contribution in [1.29, 1.82) is 0 Å². The third-order valence-corrected chi connectivity index (χ3v) is 3.81. The number of benzene rings is 1. The van der Waals surface area contributed by atoms with E-state index in [9.17, 15) is 4.79 Å². The highest BCUT2D eigenvalue weighted by atomic mass is 16.4. The number of piperidine rings is 1. The van der Waals surface area contributed by atoms with E-state index in [-0.39, 0.29) is 0 Å². The monoisotopic (exact) mass is 247 g/mol. The first-order chi connectivity index (χ1) is 8.75.